The minimum Gasteiger partial charge on any atom is -0.484 e. The van der Waals surface area contributed by atoms with Crippen molar-refractivity contribution < 1.29 is 19.1 Å². The van der Waals surface area contributed by atoms with Gasteiger partial charge in [-0.15, -0.1) is 0 Å². The van der Waals surface area contributed by atoms with Crippen LogP contribution >= 0.6 is 0 Å². The van der Waals surface area contributed by atoms with E-state index in [-0.39, 0.29) is 31.1 Å². The third kappa shape index (κ3) is 6.31. The molecule has 2 amide bonds. The predicted octanol–water partition coefficient (Wildman–Crippen LogP) is 3.95. The summed E-state index contributed by atoms with van der Waals surface area (Å²) in [6.45, 7) is 8.93. The quantitative estimate of drug-likeness (QED) is 0.697. The highest BCUT2D eigenvalue weighted by atomic mass is 16.5. The van der Waals surface area contributed by atoms with Crippen molar-refractivity contribution in [3.63, 3.8) is 0 Å². The molecule has 166 valence electrons. The number of amides is 2. The van der Waals surface area contributed by atoms with E-state index in [2.05, 4.69) is 5.32 Å². The summed E-state index contributed by atoms with van der Waals surface area (Å²) in [6.07, 6.45) is 1.82. The zero-order chi connectivity index (χ0) is 22.4. The fraction of sp³-hybridized carbons (Fsp3) is 0.440. The van der Waals surface area contributed by atoms with Crippen molar-refractivity contribution in [2.75, 3.05) is 31.6 Å². The highest BCUT2D eigenvalue weighted by Gasteiger charge is 2.25. The van der Waals surface area contributed by atoms with E-state index in [0.717, 1.165) is 35.2 Å². The maximum atomic E-state index is 12.9. The average Bonchev–Trinajstić information content (AvgIpc) is 3.25. The van der Waals surface area contributed by atoms with E-state index in [9.17, 15) is 9.59 Å². The zero-order valence-corrected chi connectivity index (χ0v) is 18.9. The lowest BCUT2D eigenvalue weighted by Gasteiger charge is -2.25. The Hall–Kier alpha value is -2.86. The number of aryl methyl sites for hydroxylation is 3. The Morgan fingerprint density at radius 2 is 1.90 bits per heavy atom. The first-order valence-corrected chi connectivity index (χ1v) is 10.8. The molecule has 0 radical (unpaired) electrons. The Morgan fingerprint density at radius 3 is 2.61 bits per heavy atom. The Morgan fingerprint density at radius 1 is 1.10 bits per heavy atom. The number of anilines is 1. The van der Waals surface area contributed by atoms with Gasteiger partial charge in [0.15, 0.2) is 6.61 Å². The van der Waals surface area contributed by atoms with E-state index in [0.29, 0.717) is 18.9 Å². The predicted molar refractivity (Wildman–Crippen MR) is 122 cm³/mol. The molecule has 1 saturated heterocycles. The highest BCUT2D eigenvalue weighted by Crippen LogP contribution is 2.19. The van der Waals surface area contributed by atoms with Gasteiger partial charge in [0.1, 0.15) is 12.3 Å². The maximum Gasteiger partial charge on any atom is 0.261 e. The first-order chi connectivity index (χ1) is 14.8. The number of benzene rings is 2. The summed E-state index contributed by atoms with van der Waals surface area (Å²) >= 11 is 0. The van der Waals surface area contributed by atoms with Gasteiger partial charge in [-0.1, -0.05) is 18.2 Å². The fourth-order valence-corrected chi connectivity index (χ4v) is 3.58. The van der Waals surface area contributed by atoms with Gasteiger partial charge in [0.05, 0.1) is 6.10 Å². The van der Waals surface area contributed by atoms with Gasteiger partial charge in [0, 0.05) is 18.8 Å². The molecule has 31 heavy (non-hydrogen) atoms. The van der Waals surface area contributed by atoms with Crippen molar-refractivity contribution in [2.45, 2.75) is 46.6 Å². The van der Waals surface area contributed by atoms with Crippen LogP contribution in [0.5, 0.6) is 5.75 Å². The molecule has 0 aliphatic carbocycles. The molecular formula is C25H32N2O4. The van der Waals surface area contributed by atoms with Gasteiger partial charge in [-0.3, -0.25) is 9.59 Å². The minimum atomic E-state index is -0.232. The summed E-state index contributed by atoms with van der Waals surface area (Å²) < 4.78 is 11.4. The van der Waals surface area contributed by atoms with Crippen molar-refractivity contribution in [1.29, 1.82) is 0 Å². The third-order valence-corrected chi connectivity index (χ3v) is 5.85. The Labute approximate surface area is 184 Å². The second kappa shape index (κ2) is 10.4. The van der Waals surface area contributed by atoms with Crippen molar-refractivity contribution in [3.8, 4) is 5.75 Å². The topological polar surface area (TPSA) is 67.9 Å². The standard InChI is InChI=1S/C25H32N2O4/c1-17-10-11-21(13-19(17)3)31-16-25(29)27(14-22-8-6-12-30-22)15-24(28)26-23-9-5-7-18(2)20(23)4/h5,7,9-11,13,22H,6,8,12,14-16H2,1-4H3,(H,26,28). The summed E-state index contributed by atoms with van der Waals surface area (Å²) in [7, 11) is 0. The minimum absolute atomic E-state index is 0.0393. The molecule has 1 aliphatic heterocycles. The number of carbonyl (C=O) groups is 2. The van der Waals surface area contributed by atoms with Gasteiger partial charge in [-0.05, 0) is 81.0 Å². The first-order valence-electron chi connectivity index (χ1n) is 10.8. The summed E-state index contributed by atoms with van der Waals surface area (Å²) in [5.41, 5.74) is 5.16. The van der Waals surface area contributed by atoms with Crippen LogP contribution in [-0.2, 0) is 14.3 Å². The molecule has 6 heteroatoms. The van der Waals surface area contributed by atoms with E-state index >= 15 is 0 Å². The molecule has 2 aromatic rings. The number of ether oxygens (including phenoxy) is 2. The molecule has 0 bridgehead atoms. The van der Waals surface area contributed by atoms with E-state index in [1.54, 1.807) is 0 Å². The molecule has 6 nitrogen and oxygen atoms in total. The van der Waals surface area contributed by atoms with E-state index < -0.39 is 0 Å². The van der Waals surface area contributed by atoms with Crippen molar-refractivity contribution in [2.24, 2.45) is 0 Å². The highest BCUT2D eigenvalue weighted by molar-refractivity contribution is 5.95. The molecule has 1 aliphatic rings. The molecule has 0 aromatic heterocycles. The summed E-state index contributed by atoms with van der Waals surface area (Å²) in [6, 6.07) is 11.5. The third-order valence-electron chi connectivity index (χ3n) is 5.85. The Bertz CT molecular complexity index is 935. The van der Waals surface area contributed by atoms with Crippen molar-refractivity contribution in [1.82, 2.24) is 4.90 Å². The van der Waals surface area contributed by atoms with E-state index in [1.165, 1.54) is 10.5 Å². The lowest BCUT2D eigenvalue weighted by molar-refractivity contribution is -0.138. The van der Waals surface area contributed by atoms with Crippen LogP contribution in [-0.4, -0.2) is 49.1 Å². The number of hydrogen-bond acceptors (Lipinski definition) is 4. The van der Waals surface area contributed by atoms with Gasteiger partial charge >= 0.3 is 0 Å². The molecule has 3 rings (SSSR count). The monoisotopic (exact) mass is 424 g/mol. The van der Waals surface area contributed by atoms with Crippen LogP contribution in [0.15, 0.2) is 36.4 Å². The van der Waals surface area contributed by atoms with Gasteiger partial charge in [-0.2, -0.15) is 0 Å². The van der Waals surface area contributed by atoms with Crippen LogP contribution in [0, 0.1) is 27.7 Å². The molecule has 0 saturated carbocycles. The fourth-order valence-electron chi connectivity index (χ4n) is 3.58. The second-order valence-electron chi connectivity index (χ2n) is 8.24. The first kappa shape index (κ1) is 22.8. The number of hydrogen-bond donors (Lipinski definition) is 1. The van der Waals surface area contributed by atoms with Gasteiger partial charge < -0.3 is 19.7 Å². The van der Waals surface area contributed by atoms with Crippen LogP contribution in [0.1, 0.15) is 35.1 Å². The maximum absolute atomic E-state index is 12.9. The summed E-state index contributed by atoms with van der Waals surface area (Å²) in [5, 5.41) is 2.93. The molecule has 1 N–H and O–H groups in total. The van der Waals surface area contributed by atoms with Crippen LogP contribution in [0.4, 0.5) is 5.69 Å². The molecule has 1 fully saturated rings. The second-order valence-corrected chi connectivity index (χ2v) is 8.24. The lowest BCUT2D eigenvalue weighted by Crippen LogP contribution is -2.44. The number of nitrogens with one attached hydrogen (secondary N) is 1. The Kier molecular flexibility index (Phi) is 7.69. The normalized spacial score (nSPS) is 15.5. The molecule has 2 aromatic carbocycles. The number of carbonyl (C=O) groups excluding carboxylic acids is 2. The van der Waals surface area contributed by atoms with Crippen molar-refractivity contribution >= 4 is 17.5 Å². The molecule has 0 spiro atoms. The summed E-state index contributed by atoms with van der Waals surface area (Å²) in [5.74, 6) is 0.185. The number of rotatable bonds is 8. The molecule has 1 atom stereocenters. The van der Waals surface area contributed by atoms with Crippen LogP contribution in [0.25, 0.3) is 0 Å². The molecule has 1 heterocycles. The van der Waals surface area contributed by atoms with Crippen LogP contribution in [0.3, 0.4) is 0 Å². The van der Waals surface area contributed by atoms with Gasteiger partial charge in [0.2, 0.25) is 5.91 Å². The average molecular weight is 425 g/mol. The summed E-state index contributed by atoms with van der Waals surface area (Å²) in [4.78, 5) is 27.2. The van der Waals surface area contributed by atoms with Gasteiger partial charge in [0.25, 0.3) is 5.91 Å². The molecule has 1 unspecified atom stereocenters. The largest absolute Gasteiger partial charge is 0.484 e. The molecular weight excluding hydrogens is 392 g/mol. The van der Waals surface area contributed by atoms with E-state index in [4.69, 9.17) is 9.47 Å². The number of nitrogens with zero attached hydrogens (tertiary/aromatic N) is 1. The SMILES string of the molecule is Cc1ccc(OCC(=O)N(CC(=O)Nc2cccc(C)c2C)CC2CCCO2)cc1C. The van der Waals surface area contributed by atoms with E-state index in [1.807, 2.05) is 64.1 Å². The van der Waals surface area contributed by atoms with Gasteiger partial charge in [-0.25, -0.2) is 0 Å². The Balaban J connectivity index is 1.64. The van der Waals surface area contributed by atoms with Crippen LogP contribution < -0.4 is 10.1 Å². The van der Waals surface area contributed by atoms with Crippen LogP contribution in [0.2, 0.25) is 0 Å². The zero-order valence-electron chi connectivity index (χ0n) is 18.9. The lowest BCUT2D eigenvalue weighted by atomic mass is 10.1. The van der Waals surface area contributed by atoms with Crippen molar-refractivity contribution in [3.05, 3.63) is 58.7 Å². The smallest absolute Gasteiger partial charge is 0.261 e.